The van der Waals surface area contributed by atoms with Crippen molar-refractivity contribution in [1.82, 2.24) is 10.2 Å². The van der Waals surface area contributed by atoms with Crippen molar-refractivity contribution in [3.05, 3.63) is 35.9 Å². The zero-order chi connectivity index (χ0) is 17.2. The molecule has 2 amide bonds. The van der Waals surface area contributed by atoms with Gasteiger partial charge in [0.25, 0.3) is 0 Å². The summed E-state index contributed by atoms with van der Waals surface area (Å²) in [5.74, 6) is -1.06. The maximum absolute atomic E-state index is 12.3. The Morgan fingerprint density at radius 2 is 2.04 bits per heavy atom. The van der Waals surface area contributed by atoms with Gasteiger partial charge >= 0.3 is 5.97 Å². The Kier molecular flexibility index (Phi) is 7.69. The summed E-state index contributed by atoms with van der Waals surface area (Å²) in [5.41, 5.74) is 6.33. The molecule has 3 N–H and O–H groups in total. The van der Waals surface area contributed by atoms with Gasteiger partial charge in [0.1, 0.15) is 12.6 Å². The number of hydrogen-bond acceptors (Lipinski definition) is 5. The highest BCUT2D eigenvalue weighted by Gasteiger charge is 2.26. The second kappa shape index (κ2) is 9.52. The molecular formula is C15H19N3O4S. The van der Waals surface area contributed by atoms with Crippen molar-refractivity contribution in [2.24, 2.45) is 5.73 Å². The molecule has 8 heteroatoms. The minimum absolute atomic E-state index is 0.0258. The topological polar surface area (TPSA) is 102 Å². The molecule has 0 aromatic heterocycles. The summed E-state index contributed by atoms with van der Waals surface area (Å²) < 4.78 is 4.47. The number of amides is 2. The molecule has 1 atom stereocenters. The first-order chi connectivity index (χ1) is 11.0. The van der Waals surface area contributed by atoms with Crippen molar-refractivity contribution >= 4 is 35.5 Å². The summed E-state index contributed by atoms with van der Waals surface area (Å²) in [6, 6.07) is 8.35. The lowest BCUT2D eigenvalue weighted by Gasteiger charge is -2.27. The number of nitrogens with one attached hydrogen (secondary N) is 1. The Morgan fingerprint density at radius 1 is 1.39 bits per heavy atom. The number of benzene rings is 1. The Balaban J connectivity index is 2.89. The van der Waals surface area contributed by atoms with Gasteiger partial charge in [-0.25, -0.2) is 0 Å². The smallest absolute Gasteiger partial charge is 0.325 e. The molecule has 0 bridgehead atoms. The third-order valence-electron chi connectivity index (χ3n) is 3.08. The molecule has 0 aliphatic heterocycles. The second-order valence-electron chi connectivity index (χ2n) is 4.74. The van der Waals surface area contributed by atoms with Crippen molar-refractivity contribution in [1.29, 1.82) is 0 Å². The Labute approximate surface area is 139 Å². The van der Waals surface area contributed by atoms with Crippen LogP contribution in [0.1, 0.15) is 5.56 Å². The number of nitrogens with zero attached hydrogens (tertiary/aromatic N) is 1. The van der Waals surface area contributed by atoms with Crippen molar-refractivity contribution in [2.45, 2.75) is 12.5 Å². The molecule has 0 fully saturated rings. The van der Waals surface area contributed by atoms with Crippen LogP contribution in [-0.4, -0.2) is 54.4 Å². The zero-order valence-corrected chi connectivity index (χ0v) is 13.5. The minimum atomic E-state index is -0.832. The molecule has 0 saturated carbocycles. The zero-order valence-electron chi connectivity index (χ0n) is 12.7. The van der Waals surface area contributed by atoms with Crippen molar-refractivity contribution in [2.75, 3.05) is 20.2 Å². The lowest BCUT2D eigenvalue weighted by molar-refractivity contribution is -0.142. The van der Waals surface area contributed by atoms with Gasteiger partial charge in [0.2, 0.25) is 12.3 Å². The molecular weight excluding hydrogens is 318 g/mol. The fourth-order valence-electron chi connectivity index (χ4n) is 1.95. The fourth-order valence-corrected chi connectivity index (χ4v) is 2.10. The first kappa shape index (κ1) is 18.6. The number of nitrogens with two attached hydrogens (primary N) is 1. The van der Waals surface area contributed by atoms with Gasteiger partial charge in [0.15, 0.2) is 0 Å². The molecule has 0 radical (unpaired) electrons. The molecule has 1 rings (SSSR count). The van der Waals surface area contributed by atoms with Crippen LogP contribution in [0.2, 0.25) is 0 Å². The molecule has 1 aromatic carbocycles. The first-order valence-corrected chi connectivity index (χ1v) is 7.26. The quantitative estimate of drug-likeness (QED) is 0.362. The SMILES string of the molecule is COC(=O)CNC(=O)[C@H](Cc1ccccc1)N(C=O)CC(N)=S. The predicted molar refractivity (Wildman–Crippen MR) is 88.5 cm³/mol. The summed E-state index contributed by atoms with van der Waals surface area (Å²) in [7, 11) is 1.22. The Hall–Kier alpha value is -2.48. The van der Waals surface area contributed by atoms with E-state index in [2.05, 4.69) is 10.1 Å². The molecule has 7 nitrogen and oxygen atoms in total. The van der Waals surface area contributed by atoms with E-state index < -0.39 is 17.9 Å². The molecule has 1 aromatic rings. The number of rotatable bonds is 9. The lowest BCUT2D eigenvalue weighted by atomic mass is 10.0. The van der Waals surface area contributed by atoms with Gasteiger partial charge in [0.05, 0.1) is 18.6 Å². The summed E-state index contributed by atoms with van der Waals surface area (Å²) >= 11 is 4.80. The second-order valence-corrected chi connectivity index (χ2v) is 5.27. The predicted octanol–water partition coefficient (Wildman–Crippen LogP) is -0.369. The van der Waals surface area contributed by atoms with Gasteiger partial charge in [-0.15, -0.1) is 0 Å². The third kappa shape index (κ3) is 6.43. The largest absolute Gasteiger partial charge is 0.468 e. The van der Waals surface area contributed by atoms with E-state index in [9.17, 15) is 14.4 Å². The van der Waals surface area contributed by atoms with E-state index in [1.807, 2.05) is 30.3 Å². The van der Waals surface area contributed by atoms with Crippen LogP contribution >= 0.6 is 12.2 Å². The Morgan fingerprint density at radius 3 is 2.57 bits per heavy atom. The molecule has 0 unspecified atom stereocenters. The molecule has 0 aliphatic carbocycles. The molecule has 0 heterocycles. The van der Waals surface area contributed by atoms with Crippen molar-refractivity contribution in [3.63, 3.8) is 0 Å². The summed E-state index contributed by atoms with van der Waals surface area (Å²) in [5, 5.41) is 2.44. The number of hydrogen-bond donors (Lipinski definition) is 2. The average molecular weight is 337 g/mol. The summed E-state index contributed by atoms with van der Waals surface area (Å²) in [4.78, 5) is 36.1. The highest BCUT2D eigenvalue weighted by atomic mass is 32.1. The van der Waals surface area contributed by atoms with E-state index in [-0.39, 0.29) is 24.5 Å². The van der Waals surface area contributed by atoms with E-state index in [4.69, 9.17) is 18.0 Å². The Bertz CT molecular complexity index is 565. The van der Waals surface area contributed by atoms with Gasteiger partial charge in [-0.1, -0.05) is 42.5 Å². The van der Waals surface area contributed by atoms with Gasteiger partial charge in [-0.05, 0) is 5.56 Å². The van der Waals surface area contributed by atoms with Gasteiger partial charge in [0, 0.05) is 6.42 Å². The van der Waals surface area contributed by atoms with E-state index in [1.54, 1.807) is 0 Å². The molecule has 23 heavy (non-hydrogen) atoms. The number of thiocarbonyl (C=S) groups is 1. The number of methoxy groups -OCH3 is 1. The summed E-state index contributed by atoms with van der Waals surface area (Å²) in [6.07, 6.45) is 0.791. The van der Waals surface area contributed by atoms with Crippen LogP contribution < -0.4 is 11.1 Å². The standard InChI is InChI=1S/C15H19N3O4S/c1-22-14(20)8-17-15(21)12(18(10-19)9-13(16)23)7-11-5-3-2-4-6-11/h2-6,10,12H,7-9H2,1H3,(H2,16,23)(H,17,21)/t12-/m0/s1. The molecule has 0 aliphatic rings. The number of carbonyl (C=O) groups excluding carboxylic acids is 3. The third-order valence-corrected chi connectivity index (χ3v) is 3.21. The highest BCUT2D eigenvalue weighted by Crippen LogP contribution is 2.08. The van der Waals surface area contributed by atoms with Crippen LogP contribution in [0.5, 0.6) is 0 Å². The maximum atomic E-state index is 12.3. The van der Waals surface area contributed by atoms with Crippen molar-refractivity contribution in [3.8, 4) is 0 Å². The van der Waals surface area contributed by atoms with Gasteiger partial charge in [-0.3, -0.25) is 14.4 Å². The monoisotopic (exact) mass is 337 g/mol. The van der Waals surface area contributed by atoms with Crippen LogP contribution in [0.15, 0.2) is 30.3 Å². The summed E-state index contributed by atoms with van der Waals surface area (Å²) in [6.45, 7) is -0.303. The average Bonchev–Trinajstić information content (AvgIpc) is 2.56. The lowest BCUT2D eigenvalue weighted by Crippen LogP contribution is -2.50. The van der Waals surface area contributed by atoms with E-state index in [1.165, 1.54) is 12.0 Å². The molecule has 0 saturated heterocycles. The van der Waals surface area contributed by atoms with Gasteiger partial charge in [-0.2, -0.15) is 0 Å². The van der Waals surface area contributed by atoms with Crippen LogP contribution in [0.4, 0.5) is 0 Å². The fraction of sp³-hybridized carbons (Fsp3) is 0.333. The van der Waals surface area contributed by atoms with Gasteiger partial charge < -0.3 is 20.7 Å². The van der Waals surface area contributed by atoms with Crippen molar-refractivity contribution < 1.29 is 19.1 Å². The van der Waals surface area contributed by atoms with E-state index >= 15 is 0 Å². The highest BCUT2D eigenvalue weighted by molar-refractivity contribution is 7.80. The molecule has 0 spiro atoms. The van der Waals surface area contributed by atoms with E-state index in [0.29, 0.717) is 6.41 Å². The van der Waals surface area contributed by atoms with Crippen LogP contribution in [-0.2, 0) is 25.5 Å². The van der Waals surface area contributed by atoms with Crippen LogP contribution in [0.3, 0.4) is 0 Å². The number of esters is 1. The maximum Gasteiger partial charge on any atom is 0.325 e. The van der Waals surface area contributed by atoms with Crippen LogP contribution in [0.25, 0.3) is 0 Å². The number of ether oxygens (including phenoxy) is 1. The molecule has 124 valence electrons. The minimum Gasteiger partial charge on any atom is -0.468 e. The van der Waals surface area contributed by atoms with Crippen LogP contribution in [0, 0.1) is 0 Å². The number of carbonyl (C=O) groups is 3. The normalized spacial score (nSPS) is 11.2. The first-order valence-electron chi connectivity index (χ1n) is 6.85. The van der Waals surface area contributed by atoms with E-state index in [0.717, 1.165) is 5.56 Å².